The first-order valence-electron chi connectivity index (χ1n) is 14.2. The molecule has 1 saturated carbocycles. The second-order valence-electron chi connectivity index (χ2n) is 12.1. The van der Waals surface area contributed by atoms with Crippen LogP contribution in [-0.4, -0.2) is 87.5 Å². The highest BCUT2D eigenvalue weighted by molar-refractivity contribution is 5.99. The monoisotopic (exact) mass is 593 g/mol. The van der Waals surface area contributed by atoms with Crippen molar-refractivity contribution in [3.63, 3.8) is 0 Å². The largest absolute Gasteiger partial charge is 0.480 e. The third-order valence-corrected chi connectivity index (χ3v) is 9.21. The Balaban J connectivity index is 1.14. The molecular formula is C30H35F4N3O5. The van der Waals surface area contributed by atoms with Gasteiger partial charge < -0.3 is 24.7 Å². The number of carboxylic acid groups (broad SMARTS) is 1. The highest BCUT2D eigenvalue weighted by atomic mass is 19.4. The van der Waals surface area contributed by atoms with Crippen molar-refractivity contribution < 1.29 is 42.1 Å². The average Bonchev–Trinajstić information content (AvgIpc) is 3.24. The lowest BCUT2D eigenvalue weighted by Gasteiger charge is -2.47. The molecule has 3 heterocycles. The van der Waals surface area contributed by atoms with Crippen LogP contribution in [0.5, 0.6) is 5.88 Å². The minimum Gasteiger partial charge on any atom is -0.480 e. The number of carbonyl (C=O) groups excluding carboxylic acids is 1. The number of aliphatic hydroxyl groups is 1. The number of pyridine rings is 1. The van der Waals surface area contributed by atoms with E-state index in [1.54, 1.807) is 18.2 Å². The number of nitrogens with zero attached hydrogens (tertiary/aromatic N) is 3. The van der Waals surface area contributed by atoms with Crippen LogP contribution in [0.25, 0.3) is 11.1 Å². The Labute approximate surface area is 241 Å². The van der Waals surface area contributed by atoms with E-state index in [-0.39, 0.29) is 43.8 Å². The molecule has 2 atom stereocenters. The molecule has 5 rings (SSSR count). The van der Waals surface area contributed by atoms with E-state index in [9.17, 15) is 33.0 Å². The van der Waals surface area contributed by atoms with Gasteiger partial charge in [0.2, 0.25) is 5.88 Å². The van der Waals surface area contributed by atoms with Gasteiger partial charge in [0.25, 0.3) is 5.91 Å². The summed E-state index contributed by atoms with van der Waals surface area (Å²) in [5.74, 6) is -2.32. The van der Waals surface area contributed by atoms with Crippen molar-refractivity contribution in [3.05, 3.63) is 47.9 Å². The molecule has 228 valence electrons. The molecule has 3 fully saturated rings. The Morgan fingerprint density at radius 3 is 2.36 bits per heavy atom. The molecule has 1 aromatic heterocycles. The molecular weight excluding hydrogens is 558 g/mol. The molecule has 2 aliphatic heterocycles. The lowest BCUT2D eigenvalue weighted by atomic mass is 9.67. The van der Waals surface area contributed by atoms with Gasteiger partial charge in [-0.25, -0.2) is 14.2 Å². The van der Waals surface area contributed by atoms with Gasteiger partial charge in [0.05, 0.1) is 23.7 Å². The number of ether oxygens (including phenoxy) is 1. The van der Waals surface area contributed by atoms with E-state index >= 15 is 4.39 Å². The fourth-order valence-electron chi connectivity index (χ4n) is 6.28. The van der Waals surface area contributed by atoms with E-state index in [2.05, 4.69) is 4.98 Å². The lowest BCUT2D eigenvalue weighted by Crippen LogP contribution is -2.53. The Hall–Kier alpha value is -3.25. The van der Waals surface area contributed by atoms with E-state index in [0.29, 0.717) is 43.1 Å². The number of aromatic nitrogens is 1. The van der Waals surface area contributed by atoms with E-state index in [1.165, 1.54) is 25.3 Å². The van der Waals surface area contributed by atoms with E-state index in [0.717, 1.165) is 17.7 Å². The maximum absolute atomic E-state index is 15.0. The summed E-state index contributed by atoms with van der Waals surface area (Å²) in [6.07, 6.45) is -1.24. The Morgan fingerprint density at radius 2 is 1.81 bits per heavy atom. The van der Waals surface area contributed by atoms with Crippen molar-refractivity contribution in [2.24, 2.45) is 11.3 Å². The number of benzene rings is 1. The molecule has 3 aliphatic rings. The predicted octanol–water partition coefficient (Wildman–Crippen LogP) is 4.76. The molecule has 2 unspecified atom stereocenters. The molecule has 42 heavy (non-hydrogen) atoms. The number of aliphatic carboxylic acids is 1. The molecule has 1 aliphatic carbocycles. The molecule has 1 aromatic carbocycles. The minimum atomic E-state index is -4.16. The van der Waals surface area contributed by atoms with Crippen LogP contribution in [0.1, 0.15) is 55.8 Å². The number of piperidine rings is 1. The molecule has 2 saturated heterocycles. The van der Waals surface area contributed by atoms with Gasteiger partial charge in [0, 0.05) is 37.3 Å². The zero-order chi connectivity index (χ0) is 30.3. The van der Waals surface area contributed by atoms with Crippen LogP contribution in [0.2, 0.25) is 0 Å². The number of amides is 1. The average molecular weight is 594 g/mol. The van der Waals surface area contributed by atoms with Crippen molar-refractivity contribution in [1.82, 2.24) is 14.8 Å². The van der Waals surface area contributed by atoms with Gasteiger partial charge in [-0.05, 0) is 75.4 Å². The summed E-state index contributed by atoms with van der Waals surface area (Å²) in [4.78, 5) is 32.0. The number of hydrogen-bond donors (Lipinski definition) is 2. The molecule has 8 nitrogen and oxygen atoms in total. The number of β-amino-alcohol motifs (C(OH)–C–C–N with tert-alkyl or cyclic N) is 1. The van der Waals surface area contributed by atoms with Gasteiger partial charge in [0.1, 0.15) is 11.4 Å². The third kappa shape index (κ3) is 5.83. The van der Waals surface area contributed by atoms with Crippen molar-refractivity contribution >= 4 is 11.9 Å². The molecule has 1 amide bonds. The fraction of sp³-hybridized carbons (Fsp3) is 0.567. The summed E-state index contributed by atoms with van der Waals surface area (Å²) in [6, 6.07) is 7.36. The summed E-state index contributed by atoms with van der Waals surface area (Å²) in [6.45, 7) is 2.82. The van der Waals surface area contributed by atoms with E-state index in [1.807, 2.05) is 4.90 Å². The second kappa shape index (κ2) is 11.4. The highest BCUT2D eigenvalue weighted by Gasteiger charge is 2.58. The molecule has 0 spiro atoms. The molecule has 12 heteroatoms. The number of rotatable bonds is 8. The van der Waals surface area contributed by atoms with Gasteiger partial charge in [-0.2, -0.15) is 13.2 Å². The van der Waals surface area contributed by atoms with Crippen molar-refractivity contribution in [3.8, 4) is 17.0 Å². The predicted molar refractivity (Wildman–Crippen MR) is 144 cm³/mol. The van der Waals surface area contributed by atoms with Crippen LogP contribution in [0.4, 0.5) is 17.6 Å². The number of halogens is 4. The summed E-state index contributed by atoms with van der Waals surface area (Å²) < 4.78 is 61.4. The summed E-state index contributed by atoms with van der Waals surface area (Å²) >= 11 is 0. The van der Waals surface area contributed by atoms with Crippen LogP contribution in [-0.2, 0) is 4.79 Å². The van der Waals surface area contributed by atoms with Crippen molar-refractivity contribution in [2.75, 3.05) is 32.8 Å². The smallest absolute Gasteiger partial charge is 0.395 e. The van der Waals surface area contributed by atoms with E-state index in [4.69, 9.17) is 4.74 Å². The first kappa shape index (κ1) is 30.2. The van der Waals surface area contributed by atoms with Crippen LogP contribution in [0.3, 0.4) is 0 Å². The topological polar surface area (TPSA) is 103 Å². The number of likely N-dealkylation sites (tertiary alicyclic amines) is 2. The van der Waals surface area contributed by atoms with Gasteiger partial charge >= 0.3 is 12.1 Å². The SMILES string of the molecule is CC1(C(=O)O)CC(O)CN1C(=O)c1ccc(-c2ccc(OCC3CCN(CC4(C(F)(F)F)CCC4)CC3)nc2)cc1F. The normalized spacial score (nSPS) is 24.8. The van der Waals surface area contributed by atoms with Crippen LogP contribution < -0.4 is 4.74 Å². The van der Waals surface area contributed by atoms with Crippen LogP contribution in [0, 0.1) is 17.2 Å². The quantitative estimate of drug-likeness (QED) is 0.426. The summed E-state index contributed by atoms with van der Waals surface area (Å²) in [5, 5.41) is 19.5. The fourth-order valence-corrected chi connectivity index (χ4v) is 6.28. The number of alkyl halides is 3. The van der Waals surface area contributed by atoms with Crippen molar-refractivity contribution in [1.29, 1.82) is 0 Å². The molecule has 0 bridgehead atoms. The van der Waals surface area contributed by atoms with Crippen LogP contribution in [0.15, 0.2) is 36.5 Å². The van der Waals surface area contributed by atoms with Crippen LogP contribution >= 0.6 is 0 Å². The molecule has 2 N–H and O–H groups in total. The molecule has 0 radical (unpaired) electrons. The highest BCUT2D eigenvalue weighted by Crippen LogP contribution is 2.53. The Morgan fingerprint density at radius 1 is 1.12 bits per heavy atom. The minimum absolute atomic E-state index is 0.0753. The number of carboxylic acids is 1. The second-order valence-corrected chi connectivity index (χ2v) is 12.1. The maximum atomic E-state index is 15.0. The summed E-state index contributed by atoms with van der Waals surface area (Å²) in [7, 11) is 0. The third-order valence-electron chi connectivity index (χ3n) is 9.21. The standard InChI is InChI=1S/C30H35F4N3O5/c1-28(27(40)41)14-22(38)16-37(28)26(39)23-5-3-20(13-24(23)31)21-4-6-25(35-15-21)42-17-19-7-11-36(12-8-19)18-29(9-2-10-29)30(32,33)34/h3-6,13,15,19,22,38H,2,7-12,14,16-18H2,1H3,(H,40,41). The Kier molecular flexibility index (Phi) is 8.23. The van der Waals surface area contributed by atoms with Gasteiger partial charge in [-0.1, -0.05) is 12.5 Å². The van der Waals surface area contributed by atoms with E-state index < -0.39 is 40.9 Å². The van der Waals surface area contributed by atoms with Gasteiger partial charge in [-0.3, -0.25) is 4.79 Å². The zero-order valence-electron chi connectivity index (χ0n) is 23.4. The summed E-state index contributed by atoms with van der Waals surface area (Å²) in [5.41, 5.74) is -2.43. The van der Waals surface area contributed by atoms with Crippen molar-refractivity contribution in [2.45, 2.75) is 63.3 Å². The maximum Gasteiger partial charge on any atom is 0.395 e. The number of aliphatic hydroxyl groups excluding tert-OH is 1. The lowest BCUT2D eigenvalue weighted by molar-refractivity contribution is -0.256. The first-order valence-corrected chi connectivity index (χ1v) is 14.2. The Bertz CT molecular complexity index is 1310. The number of hydrogen-bond acceptors (Lipinski definition) is 6. The first-order chi connectivity index (χ1) is 19.8. The molecule has 2 aromatic rings. The van der Waals surface area contributed by atoms with Gasteiger partial charge in [-0.15, -0.1) is 0 Å². The number of carbonyl (C=O) groups is 2. The van der Waals surface area contributed by atoms with Gasteiger partial charge in [0.15, 0.2) is 0 Å². The zero-order valence-corrected chi connectivity index (χ0v) is 23.4.